The van der Waals surface area contributed by atoms with Gasteiger partial charge in [0.2, 0.25) is 5.82 Å². The van der Waals surface area contributed by atoms with Gasteiger partial charge in [0.25, 0.3) is 5.56 Å². The minimum Gasteiger partial charge on any atom is -0.414 e. The molecule has 8 heteroatoms. The van der Waals surface area contributed by atoms with Gasteiger partial charge in [-0.05, 0) is 30.5 Å². The molecule has 0 aromatic carbocycles. The number of hydrogen-bond acceptors (Lipinski definition) is 4. The van der Waals surface area contributed by atoms with Crippen LogP contribution in [0.1, 0.15) is 40.3 Å². The lowest BCUT2D eigenvalue weighted by molar-refractivity contribution is -0.0291. The molecule has 0 spiro atoms. The number of rotatable bonds is 4. The van der Waals surface area contributed by atoms with Gasteiger partial charge in [0.1, 0.15) is 6.23 Å². The highest BCUT2D eigenvalue weighted by Gasteiger charge is 2.40. The van der Waals surface area contributed by atoms with Gasteiger partial charge in [0, 0.05) is 0 Å². The number of nitrogens with one attached hydrogen (secondary N) is 1. The van der Waals surface area contributed by atoms with Gasteiger partial charge in [-0.25, -0.2) is 4.79 Å². The fourth-order valence-corrected chi connectivity index (χ4v) is 3.44. The predicted octanol–water partition coefficient (Wildman–Crippen LogP) is 2.62. The van der Waals surface area contributed by atoms with Crippen LogP contribution >= 0.6 is 0 Å². The van der Waals surface area contributed by atoms with Gasteiger partial charge in [0.15, 0.2) is 8.32 Å². The molecule has 1 aromatic heterocycles. The van der Waals surface area contributed by atoms with Crippen LogP contribution < -0.4 is 11.2 Å². The number of aromatic amines is 1. The summed E-state index contributed by atoms with van der Waals surface area (Å²) in [6, 6.07) is 0. The summed E-state index contributed by atoms with van der Waals surface area (Å²) >= 11 is 0. The molecule has 3 atom stereocenters. The van der Waals surface area contributed by atoms with Gasteiger partial charge >= 0.3 is 5.69 Å². The van der Waals surface area contributed by atoms with Crippen LogP contribution in [0.25, 0.3) is 0 Å². The third kappa shape index (κ3) is 3.87. The van der Waals surface area contributed by atoms with E-state index in [-0.39, 0.29) is 17.1 Å². The molecule has 1 saturated heterocycles. The number of ether oxygens (including phenoxy) is 1. The van der Waals surface area contributed by atoms with Crippen molar-refractivity contribution in [1.82, 2.24) is 9.55 Å². The maximum absolute atomic E-state index is 13.5. The van der Waals surface area contributed by atoms with Crippen LogP contribution in [0, 0.1) is 11.7 Å². The average Bonchev–Trinajstić information content (AvgIpc) is 2.80. The van der Waals surface area contributed by atoms with Crippen molar-refractivity contribution < 1.29 is 13.6 Å². The Morgan fingerprint density at radius 1 is 1.42 bits per heavy atom. The monoisotopic (exact) mass is 358 g/mol. The number of aromatic nitrogens is 2. The molecule has 0 radical (unpaired) electrons. The lowest BCUT2D eigenvalue weighted by atomic mass is 10.0. The Bertz CT molecular complexity index is 707. The first kappa shape index (κ1) is 19.1. The molecule has 136 valence electrons. The summed E-state index contributed by atoms with van der Waals surface area (Å²) in [6.45, 7) is 13.3. The Morgan fingerprint density at radius 2 is 2.04 bits per heavy atom. The Balaban J connectivity index is 2.09. The van der Waals surface area contributed by atoms with Crippen LogP contribution in [-0.2, 0) is 9.16 Å². The van der Waals surface area contributed by atoms with Crippen LogP contribution in [0.15, 0.2) is 15.8 Å². The van der Waals surface area contributed by atoms with Crippen molar-refractivity contribution in [2.24, 2.45) is 5.92 Å². The summed E-state index contributed by atoms with van der Waals surface area (Å²) in [5.41, 5.74) is -1.68. The van der Waals surface area contributed by atoms with Gasteiger partial charge in [-0.3, -0.25) is 14.3 Å². The zero-order valence-corrected chi connectivity index (χ0v) is 16.2. The van der Waals surface area contributed by atoms with Crippen molar-refractivity contribution in [3.63, 3.8) is 0 Å². The first-order valence-electron chi connectivity index (χ1n) is 8.23. The molecule has 2 rings (SSSR count). The summed E-state index contributed by atoms with van der Waals surface area (Å²) < 4.78 is 26.7. The van der Waals surface area contributed by atoms with Crippen molar-refractivity contribution in [3.8, 4) is 0 Å². The van der Waals surface area contributed by atoms with E-state index in [4.69, 9.17) is 9.16 Å². The summed E-state index contributed by atoms with van der Waals surface area (Å²) in [4.78, 5) is 25.0. The van der Waals surface area contributed by atoms with Crippen molar-refractivity contribution >= 4 is 8.32 Å². The second-order valence-electron chi connectivity index (χ2n) is 8.06. The topological polar surface area (TPSA) is 73.3 Å². The molecular formula is C16H27FN2O4Si. The van der Waals surface area contributed by atoms with Gasteiger partial charge in [-0.15, -0.1) is 0 Å². The van der Waals surface area contributed by atoms with Crippen LogP contribution in [0.3, 0.4) is 0 Å². The standard InChI is InChI=1S/C16H27FN2O4Si/c1-10-7-13(19-8-11(17)14(20)18-15(19)21)23-12(10)9-22-24(5,6)16(2,3)4/h8,10,12-13H,7,9H2,1-6H3,(H,18,20,21)/t10-,12-,13-/m1/s1. The van der Waals surface area contributed by atoms with E-state index >= 15 is 0 Å². The van der Waals surface area contributed by atoms with Gasteiger partial charge in [0.05, 0.1) is 18.9 Å². The van der Waals surface area contributed by atoms with Crippen LogP contribution in [0.2, 0.25) is 18.1 Å². The SMILES string of the molecule is C[C@@H]1C[C@H](n2cc(F)c(=O)[nH]c2=O)O[C@@H]1CO[Si](C)(C)C(C)(C)C. The molecule has 1 fully saturated rings. The van der Waals surface area contributed by atoms with E-state index in [1.165, 1.54) is 0 Å². The first-order chi connectivity index (χ1) is 10.9. The van der Waals surface area contributed by atoms with Crippen LogP contribution in [-0.4, -0.2) is 30.6 Å². The molecule has 24 heavy (non-hydrogen) atoms. The maximum Gasteiger partial charge on any atom is 0.330 e. The minimum absolute atomic E-state index is 0.104. The van der Waals surface area contributed by atoms with E-state index < -0.39 is 31.6 Å². The molecule has 0 amide bonds. The van der Waals surface area contributed by atoms with E-state index in [0.29, 0.717) is 13.0 Å². The van der Waals surface area contributed by atoms with Crippen molar-refractivity contribution in [1.29, 1.82) is 0 Å². The van der Waals surface area contributed by atoms with E-state index in [2.05, 4.69) is 33.9 Å². The Kier molecular flexibility index (Phi) is 5.22. The Hall–Kier alpha value is -1.25. The number of nitrogens with zero attached hydrogens (tertiary/aromatic N) is 1. The third-order valence-electron chi connectivity index (χ3n) is 5.19. The summed E-state index contributed by atoms with van der Waals surface area (Å²) in [5.74, 6) is -0.825. The fraction of sp³-hybridized carbons (Fsp3) is 0.750. The number of halogens is 1. The fourth-order valence-electron chi connectivity index (χ4n) is 2.43. The van der Waals surface area contributed by atoms with Crippen molar-refractivity contribution in [2.45, 2.75) is 64.6 Å². The molecule has 0 saturated carbocycles. The molecular weight excluding hydrogens is 331 g/mol. The summed E-state index contributed by atoms with van der Waals surface area (Å²) in [5, 5.41) is 0.104. The van der Waals surface area contributed by atoms with Gasteiger partial charge in [-0.1, -0.05) is 27.7 Å². The van der Waals surface area contributed by atoms with E-state index in [1.54, 1.807) is 0 Å². The molecule has 0 bridgehead atoms. The van der Waals surface area contributed by atoms with Crippen LogP contribution in [0.5, 0.6) is 0 Å². The summed E-state index contributed by atoms with van der Waals surface area (Å²) in [7, 11) is -1.89. The molecule has 0 unspecified atom stereocenters. The maximum atomic E-state index is 13.5. The highest BCUT2D eigenvalue weighted by atomic mass is 28.4. The second-order valence-corrected chi connectivity index (χ2v) is 12.9. The highest BCUT2D eigenvalue weighted by molar-refractivity contribution is 6.74. The number of H-pyrrole nitrogens is 1. The lowest BCUT2D eigenvalue weighted by Gasteiger charge is -2.37. The zero-order chi connectivity index (χ0) is 18.3. The molecule has 6 nitrogen and oxygen atoms in total. The largest absolute Gasteiger partial charge is 0.414 e. The Morgan fingerprint density at radius 3 is 2.62 bits per heavy atom. The molecule has 2 heterocycles. The van der Waals surface area contributed by atoms with Gasteiger partial charge < -0.3 is 9.16 Å². The first-order valence-corrected chi connectivity index (χ1v) is 11.1. The second kappa shape index (κ2) is 6.57. The zero-order valence-electron chi connectivity index (χ0n) is 15.2. The third-order valence-corrected chi connectivity index (χ3v) is 9.69. The average molecular weight is 358 g/mol. The number of hydrogen-bond donors (Lipinski definition) is 1. The smallest absolute Gasteiger partial charge is 0.330 e. The van der Waals surface area contributed by atoms with Crippen molar-refractivity contribution in [3.05, 3.63) is 32.9 Å². The minimum atomic E-state index is -1.89. The summed E-state index contributed by atoms with van der Waals surface area (Å²) in [6.07, 6.45) is 0.727. The Labute approximate surface area is 142 Å². The van der Waals surface area contributed by atoms with E-state index in [0.717, 1.165) is 10.8 Å². The van der Waals surface area contributed by atoms with E-state index in [9.17, 15) is 14.0 Å². The normalized spacial score (nSPS) is 25.2. The van der Waals surface area contributed by atoms with Gasteiger partial charge in [-0.2, -0.15) is 4.39 Å². The van der Waals surface area contributed by atoms with E-state index in [1.807, 2.05) is 11.9 Å². The lowest BCUT2D eigenvalue weighted by Crippen LogP contribution is -2.43. The predicted molar refractivity (Wildman–Crippen MR) is 92.1 cm³/mol. The molecule has 1 aliphatic rings. The van der Waals surface area contributed by atoms with Crippen molar-refractivity contribution in [2.75, 3.05) is 6.61 Å². The quantitative estimate of drug-likeness (QED) is 0.840. The molecule has 1 aliphatic heterocycles. The molecule has 1 aromatic rings. The van der Waals surface area contributed by atoms with Crippen LogP contribution in [0.4, 0.5) is 4.39 Å². The highest BCUT2D eigenvalue weighted by Crippen LogP contribution is 2.38. The molecule has 0 aliphatic carbocycles. The molecule has 1 N–H and O–H groups in total.